The van der Waals surface area contributed by atoms with E-state index < -0.39 is 0 Å². The highest BCUT2D eigenvalue weighted by Crippen LogP contribution is 2.26. The Bertz CT molecular complexity index is 1370. The molecule has 2 aromatic heterocycles. The van der Waals surface area contributed by atoms with Crippen LogP contribution in [0.4, 0.5) is 5.95 Å². The highest BCUT2D eigenvalue weighted by Gasteiger charge is 2.24. The number of hydrogen-bond donors (Lipinski definition) is 0. The molecule has 4 aromatic rings. The van der Waals surface area contributed by atoms with Gasteiger partial charge < -0.3 is 4.90 Å². The first-order chi connectivity index (χ1) is 14.6. The van der Waals surface area contributed by atoms with Crippen LogP contribution in [0.1, 0.15) is 24.8 Å². The van der Waals surface area contributed by atoms with Crippen LogP contribution in [0.15, 0.2) is 52.1 Å². The van der Waals surface area contributed by atoms with E-state index in [9.17, 15) is 9.59 Å². The molecular weight excluding hydrogens is 378 g/mol. The van der Waals surface area contributed by atoms with Crippen LogP contribution in [0.5, 0.6) is 0 Å². The third-order valence-electron chi connectivity index (χ3n) is 6.18. The molecule has 30 heavy (non-hydrogen) atoms. The first-order valence-electron chi connectivity index (χ1n) is 10.4. The zero-order valence-corrected chi connectivity index (χ0v) is 17.3. The van der Waals surface area contributed by atoms with Crippen molar-refractivity contribution < 1.29 is 0 Å². The molecule has 0 spiro atoms. The van der Waals surface area contributed by atoms with Gasteiger partial charge in [-0.1, -0.05) is 42.5 Å². The standard InChI is InChI=1S/C23H25N5O2/c1-25-20-19(21(29)26(2)23(25)30)28(22(24-20)27-13-6-3-7-14-27)15-17-11-8-10-16-9-4-5-12-18(16)17/h4-5,8-12H,3,6-7,13-15H2,1-2H3. The molecule has 0 atom stereocenters. The molecule has 1 aliphatic rings. The fourth-order valence-electron chi connectivity index (χ4n) is 4.52. The summed E-state index contributed by atoms with van der Waals surface area (Å²) in [7, 11) is 3.21. The summed E-state index contributed by atoms with van der Waals surface area (Å²) in [6, 6.07) is 14.5. The van der Waals surface area contributed by atoms with Gasteiger partial charge in [-0.15, -0.1) is 0 Å². The fourth-order valence-corrected chi connectivity index (χ4v) is 4.52. The Morgan fingerprint density at radius 3 is 2.43 bits per heavy atom. The molecule has 0 amide bonds. The number of anilines is 1. The molecule has 7 nitrogen and oxygen atoms in total. The van der Waals surface area contributed by atoms with E-state index in [4.69, 9.17) is 4.98 Å². The van der Waals surface area contributed by atoms with Gasteiger partial charge >= 0.3 is 5.69 Å². The van der Waals surface area contributed by atoms with Gasteiger partial charge in [0.15, 0.2) is 11.2 Å². The lowest BCUT2D eigenvalue weighted by Gasteiger charge is -2.28. The summed E-state index contributed by atoms with van der Waals surface area (Å²) in [6.45, 7) is 2.34. The molecular formula is C23H25N5O2. The number of fused-ring (bicyclic) bond motifs is 2. The minimum Gasteiger partial charge on any atom is -0.342 e. The van der Waals surface area contributed by atoms with Crippen LogP contribution in [-0.4, -0.2) is 31.8 Å². The second-order valence-corrected chi connectivity index (χ2v) is 8.06. The van der Waals surface area contributed by atoms with Crippen LogP contribution in [0.25, 0.3) is 21.9 Å². The van der Waals surface area contributed by atoms with Crippen LogP contribution in [0, 0.1) is 0 Å². The molecule has 0 bridgehead atoms. The molecule has 0 unspecified atom stereocenters. The maximum absolute atomic E-state index is 13.1. The Hall–Kier alpha value is -3.35. The summed E-state index contributed by atoms with van der Waals surface area (Å²) in [4.78, 5) is 32.7. The van der Waals surface area contributed by atoms with Crippen molar-refractivity contribution >= 4 is 27.9 Å². The largest absolute Gasteiger partial charge is 0.342 e. The smallest absolute Gasteiger partial charge is 0.332 e. The highest BCUT2D eigenvalue weighted by atomic mass is 16.2. The van der Waals surface area contributed by atoms with Crippen molar-refractivity contribution in [3.63, 3.8) is 0 Å². The van der Waals surface area contributed by atoms with E-state index in [0.717, 1.165) is 42.8 Å². The third kappa shape index (κ3) is 2.84. The van der Waals surface area contributed by atoms with Crippen molar-refractivity contribution in [1.29, 1.82) is 0 Å². The number of benzene rings is 2. The van der Waals surface area contributed by atoms with Gasteiger partial charge in [-0.3, -0.25) is 18.5 Å². The zero-order chi connectivity index (χ0) is 20.8. The van der Waals surface area contributed by atoms with Gasteiger partial charge in [-0.05, 0) is 35.6 Å². The van der Waals surface area contributed by atoms with Crippen molar-refractivity contribution in [3.05, 3.63) is 68.9 Å². The van der Waals surface area contributed by atoms with Crippen molar-refractivity contribution in [1.82, 2.24) is 18.7 Å². The second-order valence-electron chi connectivity index (χ2n) is 8.06. The van der Waals surface area contributed by atoms with Crippen LogP contribution in [0.2, 0.25) is 0 Å². The number of piperidine rings is 1. The molecule has 0 radical (unpaired) electrons. The molecule has 1 fully saturated rings. The molecule has 5 rings (SSSR count). The summed E-state index contributed by atoms with van der Waals surface area (Å²) in [5.41, 5.74) is 1.40. The molecule has 1 aliphatic heterocycles. The Morgan fingerprint density at radius 2 is 1.63 bits per heavy atom. The van der Waals surface area contributed by atoms with E-state index in [2.05, 4.69) is 29.2 Å². The first kappa shape index (κ1) is 18.7. The van der Waals surface area contributed by atoms with Crippen molar-refractivity contribution in [3.8, 4) is 0 Å². The Labute approximate surface area is 173 Å². The Kier molecular flexibility index (Phi) is 4.46. The number of imidazole rings is 1. The molecule has 2 aromatic carbocycles. The summed E-state index contributed by atoms with van der Waals surface area (Å²) < 4.78 is 4.65. The lowest BCUT2D eigenvalue weighted by Crippen LogP contribution is -2.37. The normalized spacial score (nSPS) is 14.7. The minimum atomic E-state index is -0.354. The predicted molar refractivity (Wildman–Crippen MR) is 119 cm³/mol. The van der Waals surface area contributed by atoms with Crippen molar-refractivity contribution in [2.45, 2.75) is 25.8 Å². The average molecular weight is 403 g/mol. The fraction of sp³-hybridized carbons (Fsp3) is 0.348. The van der Waals surface area contributed by atoms with E-state index in [-0.39, 0.29) is 11.2 Å². The van der Waals surface area contributed by atoms with Crippen LogP contribution in [-0.2, 0) is 20.6 Å². The quantitative estimate of drug-likeness (QED) is 0.528. The van der Waals surface area contributed by atoms with E-state index in [1.165, 1.54) is 28.0 Å². The maximum Gasteiger partial charge on any atom is 0.332 e. The topological polar surface area (TPSA) is 65.1 Å². The van der Waals surface area contributed by atoms with Gasteiger partial charge in [0, 0.05) is 27.2 Å². The van der Waals surface area contributed by atoms with E-state index in [1.54, 1.807) is 7.05 Å². The molecule has 0 aliphatic carbocycles. The molecule has 3 heterocycles. The zero-order valence-electron chi connectivity index (χ0n) is 17.3. The van der Waals surface area contributed by atoms with Gasteiger partial charge in [0.25, 0.3) is 5.56 Å². The van der Waals surface area contributed by atoms with Crippen molar-refractivity contribution in [2.24, 2.45) is 14.1 Å². The summed E-state index contributed by atoms with van der Waals surface area (Å²) in [5.74, 6) is 0.774. The summed E-state index contributed by atoms with van der Waals surface area (Å²) in [5, 5.41) is 2.33. The molecule has 1 saturated heterocycles. The van der Waals surface area contributed by atoms with Crippen LogP contribution >= 0.6 is 0 Å². The molecule has 154 valence electrons. The van der Waals surface area contributed by atoms with Gasteiger partial charge in [-0.2, -0.15) is 4.98 Å². The van der Waals surface area contributed by atoms with Gasteiger partial charge in [-0.25, -0.2) is 4.79 Å². The maximum atomic E-state index is 13.1. The third-order valence-corrected chi connectivity index (χ3v) is 6.18. The lowest BCUT2D eigenvalue weighted by molar-refractivity contribution is 0.560. The highest BCUT2D eigenvalue weighted by molar-refractivity contribution is 5.86. The molecule has 7 heteroatoms. The Balaban J connectivity index is 1.78. The van der Waals surface area contributed by atoms with Crippen molar-refractivity contribution in [2.75, 3.05) is 18.0 Å². The van der Waals surface area contributed by atoms with E-state index in [0.29, 0.717) is 17.7 Å². The summed E-state index contributed by atoms with van der Waals surface area (Å²) >= 11 is 0. The van der Waals surface area contributed by atoms with Crippen LogP contribution in [0.3, 0.4) is 0 Å². The molecule has 0 N–H and O–H groups in total. The van der Waals surface area contributed by atoms with E-state index >= 15 is 0 Å². The van der Waals surface area contributed by atoms with Gasteiger partial charge in [0.1, 0.15) is 0 Å². The average Bonchev–Trinajstić information content (AvgIpc) is 3.16. The number of hydrogen-bond acceptors (Lipinski definition) is 4. The number of nitrogens with zero attached hydrogens (tertiary/aromatic N) is 5. The SMILES string of the molecule is Cn1c(=O)c2c(nc(N3CCCCC3)n2Cc2cccc3ccccc23)n(C)c1=O. The second kappa shape index (κ2) is 7.16. The Morgan fingerprint density at radius 1 is 0.900 bits per heavy atom. The van der Waals surface area contributed by atoms with Gasteiger partial charge in [0.2, 0.25) is 5.95 Å². The van der Waals surface area contributed by atoms with Crippen LogP contribution < -0.4 is 16.1 Å². The van der Waals surface area contributed by atoms with Gasteiger partial charge in [0.05, 0.1) is 6.54 Å². The monoisotopic (exact) mass is 403 g/mol. The number of aromatic nitrogens is 4. The van der Waals surface area contributed by atoms with E-state index in [1.807, 2.05) is 22.8 Å². The lowest BCUT2D eigenvalue weighted by atomic mass is 10.0. The minimum absolute atomic E-state index is 0.302. The summed E-state index contributed by atoms with van der Waals surface area (Å²) in [6.07, 6.45) is 3.42. The first-order valence-corrected chi connectivity index (χ1v) is 10.4. The predicted octanol–water partition coefficient (Wildman–Crippen LogP) is 2.63. The number of rotatable bonds is 3. The number of aryl methyl sites for hydroxylation is 1. The molecule has 0 saturated carbocycles.